The van der Waals surface area contributed by atoms with E-state index in [1.807, 2.05) is 0 Å². The molecule has 0 aromatic carbocycles. The van der Waals surface area contributed by atoms with Crippen LogP contribution in [0.4, 0.5) is 4.79 Å². The molecule has 1 amide bonds. The lowest BCUT2D eigenvalue weighted by Gasteiger charge is -2.31. The second-order valence-corrected chi connectivity index (χ2v) is 4.02. The molecule has 0 radical (unpaired) electrons. The molecule has 2 unspecified atom stereocenters. The van der Waals surface area contributed by atoms with Crippen molar-refractivity contribution in [3.63, 3.8) is 0 Å². The van der Waals surface area contributed by atoms with Crippen molar-refractivity contribution in [2.75, 3.05) is 0 Å². The Bertz CT molecular complexity index is 307. The van der Waals surface area contributed by atoms with E-state index in [2.05, 4.69) is 5.92 Å². The molecule has 0 saturated carbocycles. The maximum absolute atomic E-state index is 11.1. The molecule has 3 atom stereocenters. The van der Waals surface area contributed by atoms with Crippen molar-refractivity contribution in [2.24, 2.45) is 0 Å². The summed E-state index contributed by atoms with van der Waals surface area (Å²) >= 11 is 0. The number of terminal acetylenes is 1. The van der Waals surface area contributed by atoms with Crippen LogP contribution in [0.1, 0.15) is 20.8 Å². The number of amides is 1. The molecule has 0 aromatic rings. The van der Waals surface area contributed by atoms with Crippen molar-refractivity contribution in [1.29, 1.82) is 0 Å². The highest BCUT2D eigenvalue weighted by atomic mass is 16.6. The van der Waals surface area contributed by atoms with Crippen LogP contribution < -0.4 is 0 Å². The molecule has 5 heteroatoms. The molecule has 0 aromatic heterocycles. The Morgan fingerprint density at radius 2 is 2.20 bits per heavy atom. The van der Waals surface area contributed by atoms with Gasteiger partial charge in [0.15, 0.2) is 0 Å². The first-order chi connectivity index (χ1) is 6.81. The maximum Gasteiger partial charge on any atom is 0.410 e. The molecule has 15 heavy (non-hydrogen) atoms. The monoisotopic (exact) mass is 213 g/mol. The van der Waals surface area contributed by atoms with Crippen LogP contribution in [0.3, 0.4) is 0 Å². The molecule has 0 spiro atoms. The molecular weight excluding hydrogens is 198 g/mol. The van der Waals surface area contributed by atoms with E-state index in [9.17, 15) is 9.90 Å². The zero-order valence-corrected chi connectivity index (χ0v) is 8.97. The Labute approximate surface area is 88.6 Å². The predicted octanol–water partition coefficient (Wildman–Crippen LogP) is 0.484. The summed E-state index contributed by atoms with van der Waals surface area (Å²) in [6.45, 7) is 4.94. The van der Waals surface area contributed by atoms with Gasteiger partial charge in [0.2, 0.25) is 0 Å². The van der Waals surface area contributed by atoms with Crippen molar-refractivity contribution in [1.82, 2.24) is 4.90 Å². The largest absolute Gasteiger partial charge is 0.465 e. The van der Waals surface area contributed by atoms with E-state index in [0.29, 0.717) is 0 Å². The SMILES string of the molecule is C#C[C@H](O)C1C(C)OC(C)(C)N1C(=O)O. The van der Waals surface area contributed by atoms with Gasteiger partial charge in [0.1, 0.15) is 17.9 Å². The molecule has 2 N–H and O–H groups in total. The van der Waals surface area contributed by atoms with E-state index < -0.39 is 30.1 Å². The van der Waals surface area contributed by atoms with Gasteiger partial charge in [-0.15, -0.1) is 6.42 Å². The highest BCUT2D eigenvalue weighted by molar-refractivity contribution is 5.67. The van der Waals surface area contributed by atoms with Crippen molar-refractivity contribution in [3.8, 4) is 12.3 Å². The summed E-state index contributed by atoms with van der Waals surface area (Å²) in [5, 5.41) is 18.6. The highest BCUT2D eigenvalue weighted by Crippen LogP contribution is 2.33. The lowest BCUT2D eigenvalue weighted by molar-refractivity contribution is -0.0624. The van der Waals surface area contributed by atoms with E-state index in [0.717, 1.165) is 4.90 Å². The summed E-state index contributed by atoms with van der Waals surface area (Å²) < 4.78 is 5.45. The van der Waals surface area contributed by atoms with Gasteiger partial charge in [-0.25, -0.2) is 4.79 Å². The first-order valence-electron chi connectivity index (χ1n) is 4.65. The molecule has 84 valence electrons. The fourth-order valence-electron chi connectivity index (χ4n) is 2.00. The van der Waals surface area contributed by atoms with Gasteiger partial charge in [-0.3, -0.25) is 4.90 Å². The van der Waals surface area contributed by atoms with Gasteiger partial charge in [-0.2, -0.15) is 0 Å². The lowest BCUT2D eigenvalue weighted by atomic mass is 10.1. The van der Waals surface area contributed by atoms with Crippen molar-refractivity contribution >= 4 is 6.09 Å². The standard InChI is InChI=1S/C10H15NO4/c1-5-7(12)8-6(2)15-10(3,4)11(8)9(13)14/h1,6-8,12H,2-4H3,(H,13,14)/t6?,7-,8?/m0/s1. The van der Waals surface area contributed by atoms with Gasteiger partial charge in [0, 0.05) is 0 Å². The van der Waals surface area contributed by atoms with Crippen LogP contribution in [0.5, 0.6) is 0 Å². The molecule has 5 nitrogen and oxygen atoms in total. The number of nitrogens with zero attached hydrogens (tertiary/aromatic N) is 1. The van der Waals surface area contributed by atoms with Crippen LogP contribution >= 0.6 is 0 Å². The van der Waals surface area contributed by atoms with E-state index in [1.54, 1.807) is 20.8 Å². The first kappa shape index (κ1) is 11.8. The zero-order valence-electron chi connectivity index (χ0n) is 8.97. The number of hydrogen-bond acceptors (Lipinski definition) is 3. The van der Waals surface area contributed by atoms with Crippen molar-refractivity contribution in [2.45, 2.75) is 44.7 Å². The Balaban J connectivity index is 3.04. The Kier molecular flexibility index (Phi) is 2.93. The first-order valence-corrected chi connectivity index (χ1v) is 4.65. The van der Waals surface area contributed by atoms with Gasteiger partial charge in [0.05, 0.1) is 6.10 Å². The summed E-state index contributed by atoms with van der Waals surface area (Å²) in [5.74, 6) is 2.13. The smallest absolute Gasteiger partial charge is 0.410 e. The van der Waals surface area contributed by atoms with Crippen LogP contribution in [0.15, 0.2) is 0 Å². The van der Waals surface area contributed by atoms with Crippen LogP contribution in [0.2, 0.25) is 0 Å². The third kappa shape index (κ3) is 1.91. The number of hydrogen-bond donors (Lipinski definition) is 2. The summed E-state index contributed by atoms with van der Waals surface area (Å²) in [6.07, 6.45) is 2.36. The van der Waals surface area contributed by atoms with E-state index in [1.165, 1.54) is 0 Å². The molecule has 0 aliphatic carbocycles. The van der Waals surface area contributed by atoms with Gasteiger partial charge < -0.3 is 14.9 Å². The van der Waals surface area contributed by atoms with Crippen LogP contribution in [0, 0.1) is 12.3 Å². The third-order valence-electron chi connectivity index (χ3n) is 2.53. The average Bonchev–Trinajstić information content (AvgIpc) is 2.33. The minimum atomic E-state index is -1.15. The Hall–Kier alpha value is -1.25. The lowest BCUT2D eigenvalue weighted by Crippen LogP contribution is -2.51. The molecule has 0 bridgehead atoms. The molecule has 1 aliphatic heterocycles. The normalized spacial score (nSPS) is 31.0. The van der Waals surface area contributed by atoms with Gasteiger partial charge in [-0.05, 0) is 20.8 Å². The fraction of sp³-hybridized carbons (Fsp3) is 0.700. The molecule has 1 fully saturated rings. The predicted molar refractivity (Wildman–Crippen MR) is 53.1 cm³/mol. The molecule has 1 saturated heterocycles. The fourth-order valence-corrected chi connectivity index (χ4v) is 2.00. The van der Waals surface area contributed by atoms with Crippen LogP contribution in [0.25, 0.3) is 0 Å². The van der Waals surface area contributed by atoms with Gasteiger partial charge >= 0.3 is 6.09 Å². The maximum atomic E-state index is 11.1. The van der Waals surface area contributed by atoms with Crippen LogP contribution in [-0.4, -0.2) is 45.2 Å². The molecule has 1 rings (SSSR count). The van der Waals surface area contributed by atoms with Gasteiger partial charge in [0.25, 0.3) is 0 Å². The minimum absolute atomic E-state index is 0.429. The summed E-state index contributed by atoms with van der Waals surface area (Å²) in [7, 11) is 0. The quantitative estimate of drug-likeness (QED) is 0.622. The Morgan fingerprint density at radius 1 is 1.67 bits per heavy atom. The highest BCUT2D eigenvalue weighted by Gasteiger charge is 2.50. The molecule has 1 heterocycles. The summed E-state index contributed by atoms with van der Waals surface area (Å²) in [4.78, 5) is 12.1. The Morgan fingerprint density at radius 3 is 2.60 bits per heavy atom. The molecular formula is C10H15NO4. The second-order valence-electron chi connectivity index (χ2n) is 4.02. The number of aliphatic hydroxyl groups is 1. The van der Waals surface area contributed by atoms with E-state index >= 15 is 0 Å². The van der Waals surface area contributed by atoms with Crippen LogP contribution in [-0.2, 0) is 4.74 Å². The van der Waals surface area contributed by atoms with E-state index in [4.69, 9.17) is 16.3 Å². The number of carbonyl (C=O) groups is 1. The van der Waals surface area contributed by atoms with Crippen molar-refractivity contribution < 1.29 is 19.7 Å². The minimum Gasteiger partial charge on any atom is -0.465 e. The van der Waals surface area contributed by atoms with Crippen molar-refractivity contribution in [3.05, 3.63) is 0 Å². The topological polar surface area (TPSA) is 70.0 Å². The van der Waals surface area contributed by atoms with E-state index in [-0.39, 0.29) is 0 Å². The number of aliphatic hydroxyl groups excluding tert-OH is 1. The third-order valence-corrected chi connectivity index (χ3v) is 2.53. The van der Waals surface area contributed by atoms with Gasteiger partial charge in [-0.1, -0.05) is 5.92 Å². The number of carboxylic acid groups (broad SMARTS) is 1. The summed E-state index contributed by atoms with van der Waals surface area (Å²) in [5.41, 5.74) is -0.965. The molecule has 1 aliphatic rings. The summed E-state index contributed by atoms with van der Waals surface area (Å²) in [6, 6.07) is -0.720. The number of rotatable bonds is 1. The average molecular weight is 213 g/mol. The number of ether oxygens (including phenoxy) is 1. The second kappa shape index (κ2) is 3.72. The zero-order chi connectivity index (χ0) is 11.8.